The standard InChI is InChI=1S/C10H19NO5/c1-7(16-11(14)15)5-6-8(9(12)13)10(2,3)4/h7-8H,5-6H2,1-4H3,(H,12,13). The average Bonchev–Trinajstić information content (AvgIpc) is 1.98. The first-order valence-electron chi connectivity index (χ1n) is 5.18. The van der Waals surface area contributed by atoms with Crippen LogP contribution < -0.4 is 0 Å². The largest absolute Gasteiger partial charge is 0.481 e. The lowest BCUT2D eigenvalue weighted by atomic mass is 9.78. The first kappa shape index (κ1) is 14.7. The second kappa shape index (κ2) is 5.67. The molecule has 0 aromatic heterocycles. The summed E-state index contributed by atoms with van der Waals surface area (Å²) >= 11 is 0. The predicted molar refractivity (Wildman–Crippen MR) is 57.4 cm³/mol. The summed E-state index contributed by atoms with van der Waals surface area (Å²) in [4.78, 5) is 25.4. The molecule has 0 aliphatic rings. The van der Waals surface area contributed by atoms with E-state index in [4.69, 9.17) is 5.11 Å². The van der Waals surface area contributed by atoms with Gasteiger partial charge in [0.15, 0.2) is 0 Å². The third-order valence-corrected chi connectivity index (χ3v) is 2.47. The summed E-state index contributed by atoms with van der Waals surface area (Å²) in [7, 11) is 0. The summed E-state index contributed by atoms with van der Waals surface area (Å²) in [6, 6.07) is 0. The number of carboxylic acids is 1. The molecular weight excluding hydrogens is 214 g/mol. The lowest BCUT2D eigenvalue weighted by Gasteiger charge is -2.27. The Morgan fingerprint density at radius 2 is 1.94 bits per heavy atom. The van der Waals surface area contributed by atoms with Crippen molar-refractivity contribution in [3.8, 4) is 0 Å². The van der Waals surface area contributed by atoms with E-state index < -0.39 is 23.1 Å². The van der Waals surface area contributed by atoms with Gasteiger partial charge in [0.1, 0.15) is 6.10 Å². The van der Waals surface area contributed by atoms with Crippen LogP contribution >= 0.6 is 0 Å². The molecule has 2 unspecified atom stereocenters. The Kier molecular flexibility index (Phi) is 5.20. The van der Waals surface area contributed by atoms with Crippen LogP contribution in [-0.2, 0) is 9.63 Å². The summed E-state index contributed by atoms with van der Waals surface area (Å²) in [5.41, 5.74) is -0.361. The number of carbonyl (C=O) groups is 1. The van der Waals surface area contributed by atoms with Crippen molar-refractivity contribution in [3.05, 3.63) is 10.1 Å². The molecule has 0 radical (unpaired) electrons. The molecule has 2 atom stereocenters. The zero-order valence-electron chi connectivity index (χ0n) is 10.1. The Hall–Kier alpha value is -1.33. The Balaban J connectivity index is 4.24. The summed E-state index contributed by atoms with van der Waals surface area (Å²) < 4.78 is 0. The highest BCUT2D eigenvalue weighted by molar-refractivity contribution is 5.70. The van der Waals surface area contributed by atoms with Crippen molar-refractivity contribution in [3.63, 3.8) is 0 Å². The number of nitrogens with zero attached hydrogens (tertiary/aromatic N) is 1. The van der Waals surface area contributed by atoms with E-state index in [-0.39, 0.29) is 5.41 Å². The zero-order valence-corrected chi connectivity index (χ0v) is 10.1. The molecule has 0 aliphatic carbocycles. The number of rotatable bonds is 6. The summed E-state index contributed by atoms with van der Waals surface area (Å²) in [6.07, 6.45) is 0.155. The van der Waals surface area contributed by atoms with Crippen molar-refractivity contribution in [1.29, 1.82) is 0 Å². The molecule has 1 N–H and O–H groups in total. The molecule has 0 amide bonds. The molecule has 0 saturated carbocycles. The van der Waals surface area contributed by atoms with Gasteiger partial charge >= 0.3 is 5.97 Å². The van der Waals surface area contributed by atoms with Crippen molar-refractivity contribution < 1.29 is 19.8 Å². The van der Waals surface area contributed by atoms with Gasteiger partial charge in [-0.05, 0) is 25.2 Å². The molecule has 6 heteroatoms. The molecule has 16 heavy (non-hydrogen) atoms. The highest BCUT2D eigenvalue weighted by Crippen LogP contribution is 2.30. The topological polar surface area (TPSA) is 89.7 Å². The van der Waals surface area contributed by atoms with Crippen LogP contribution in [0.1, 0.15) is 40.5 Å². The van der Waals surface area contributed by atoms with E-state index in [0.717, 1.165) is 0 Å². The van der Waals surface area contributed by atoms with Crippen LogP contribution in [0.5, 0.6) is 0 Å². The highest BCUT2D eigenvalue weighted by Gasteiger charge is 2.31. The lowest BCUT2D eigenvalue weighted by Crippen LogP contribution is -2.29. The second-order valence-corrected chi connectivity index (χ2v) is 4.97. The molecule has 0 fully saturated rings. The van der Waals surface area contributed by atoms with Crippen LogP contribution in [-0.4, -0.2) is 22.3 Å². The van der Waals surface area contributed by atoms with E-state index in [0.29, 0.717) is 12.8 Å². The third-order valence-electron chi connectivity index (χ3n) is 2.47. The van der Waals surface area contributed by atoms with Crippen molar-refractivity contribution in [2.75, 3.05) is 0 Å². The van der Waals surface area contributed by atoms with E-state index in [1.165, 1.54) is 0 Å². The van der Waals surface area contributed by atoms with Crippen molar-refractivity contribution in [1.82, 2.24) is 0 Å². The molecule has 0 rings (SSSR count). The van der Waals surface area contributed by atoms with Crippen molar-refractivity contribution >= 4 is 5.97 Å². The maximum atomic E-state index is 11.0. The minimum absolute atomic E-state index is 0.356. The zero-order chi connectivity index (χ0) is 12.9. The summed E-state index contributed by atoms with van der Waals surface area (Å²) in [6.45, 7) is 7.07. The van der Waals surface area contributed by atoms with Gasteiger partial charge in [-0.15, -0.1) is 10.1 Å². The SMILES string of the molecule is CC(CCC(C(=O)O)C(C)(C)C)O[N+](=O)[O-]. The first-order valence-corrected chi connectivity index (χ1v) is 5.18. The van der Waals surface area contributed by atoms with E-state index in [9.17, 15) is 14.9 Å². The Morgan fingerprint density at radius 1 is 1.44 bits per heavy atom. The van der Waals surface area contributed by atoms with Crippen molar-refractivity contribution in [2.24, 2.45) is 11.3 Å². The molecule has 0 aromatic carbocycles. The minimum atomic E-state index is -0.874. The smallest absolute Gasteiger partial charge is 0.307 e. The number of carboxylic acid groups (broad SMARTS) is 1. The molecule has 0 heterocycles. The van der Waals surface area contributed by atoms with E-state index in [1.807, 2.05) is 20.8 Å². The Morgan fingerprint density at radius 3 is 2.25 bits per heavy atom. The summed E-state index contributed by atoms with van der Waals surface area (Å²) in [5.74, 6) is -1.40. The van der Waals surface area contributed by atoms with Gasteiger partial charge in [-0.2, -0.15) is 0 Å². The second-order valence-electron chi connectivity index (χ2n) is 4.97. The monoisotopic (exact) mass is 233 g/mol. The molecule has 0 spiro atoms. The van der Waals surface area contributed by atoms with Gasteiger partial charge in [0.05, 0.1) is 5.92 Å². The maximum absolute atomic E-state index is 11.0. The Bertz CT molecular complexity index is 258. The van der Waals surface area contributed by atoms with Gasteiger partial charge in [-0.25, -0.2) is 0 Å². The maximum Gasteiger partial charge on any atom is 0.307 e. The molecule has 0 saturated heterocycles. The lowest BCUT2D eigenvalue weighted by molar-refractivity contribution is -0.767. The van der Waals surface area contributed by atoms with E-state index in [2.05, 4.69) is 4.84 Å². The fraction of sp³-hybridized carbons (Fsp3) is 0.900. The molecule has 0 aromatic rings. The van der Waals surface area contributed by atoms with Gasteiger partial charge in [0.2, 0.25) is 0 Å². The molecule has 0 aliphatic heterocycles. The Labute approximate surface area is 94.7 Å². The molecule has 94 valence electrons. The molecular formula is C10H19NO5. The highest BCUT2D eigenvalue weighted by atomic mass is 17.0. The van der Waals surface area contributed by atoms with Gasteiger partial charge < -0.3 is 9.94 Å². The van der Waals surface area contributed by atoms with Crippen LogP contribution in [0.2, 0.25) is 0 Å². The molecule has 6 nitrogen and oxygen atoms in total. The number of aliphatic carboxylic acids is 1. The quantitative estimate of drug-likeness (QED) is 0.560. The number of hydrogen-bond acceptors (Lipinski definition) is 4. The van der Waals surface area contributed by atoms with Gasteiger partial charge in [-0.1, -0.05) is 20.8 Å². The first-order chi connectivity index (χ1) is 7.14. The van der Waals surface area contributed by atoms with E-state index >= 15 is 0 Å². The van der Waals surface area contributed by atoms with E-state index in [1.54, 1.807) is 6.92 Å². The molecule has 0 bridgehead atoms. The van der Waals surface area contributed by atoms with Crippen LogP contribution in [0.3, 0.4) is 0 Å². The average molecular weight is 233 g/mol. The van der Waals surface area contributed by atoms with Gasteiger partial charge in [0, 0.05) is 0 Å². The van der Waals surface area contributed by atoms with Crippen molar-refractivity contribution in [2.45, 2.75) is 46.6 Å². The normalized spacial score (nSPS) is 15.2. The van der Waals surface area contributed by atoms with Crippen LogP contribution in [0.4, 0.5) is 0 Å². The predicted octanol–water partition coefficient (Wildman–Crippen LogP) is 2.11. The fourth-order valence-corrected chi connectivity index (χ4v) is 1.53. The fourth-order valence-electron chi connectivity index (χ4n) is 1.53. The minimum Gasteiger partial charge on any atom is -0.481 e. The number of hydrogen-bond donors (Lipinski definition) is 1. The summed E-state index contributed by atoms with van der Waals surface area (Å²) in [5, 5.41) is 18.2. The third kappa shape index (κ3) is 5.53. The van der Waals surface area contributed by atoms with Crippen LogP contribution in [0.25, 0.3) is 0 Å². The van der Waals surface area contributed by atoms with Gasteiger partial charge in [0.25, 0.3) is 5.09 Å². The van der Waals surface area contributed by atoms with Gasteiger partial charge in [-0.3, -0.25) is 4.79 Å². The van der Waals surface area contributed by atoms with Crippen LogP contribution in [0.15, 0.2) is 0 Å². The van der Waals surface area contributed by atoms with Crippen LogP contribution in [0, 0.1) is 21.4 Å².